The summed E-state index contributed by atoms with van der Waals surface area (Å²) in [4.78, 5) is 22.7. The molecule has 0 aliphatic rings. The van der Waals surface area contributed by atoms with Crippen molar-refractivity contribution in [2.75, 3.05) is 12.4 Å². The van der Waals surface area contributed by atoms with Crippen molar-refractivity contribution in [1.82, 2.24) is 10.6 Å². The van der Waals surface area contributed by atoms with Gasteiger partial charge in [-0.2, -0.15) is 0 Å². The number of hydrogen-bond donors (Lipinski definition) is 3. The Morgan fingerprint density at radius 3 is 2.74 bits per heavy atom. The molecule has 0 saturated heterocycles. The molecule has 3 N–H and O–H groups in total. The molecule has 0 heterocycles. The summed E-state index contributed by atoms with van der Waals surface area (Å²) in [5.41, 5.74) is 1.67. The third-order valence-corrected chi connectivity index (χ3v) is 2.66. The van der Waals surface area contributed by atoms with Gasteiger partial charge >= 0.3 is 6.03 Å². The first-order valence-electron chi connectivity index (χ1n) is 6.50. The van der Waals surface area contributed by atoms with E-state index in [0.717, 1.165) is 18.4 Å². The standard InChI is InChI=1S/C14H21N3O2/c1-3-4-8-13(18)16-10-11-6-5-7-12(9-11)17-14(19)15-2/h5-7,9H,3-4,8,10H2,1-2H3,(H,16,18)(H2,15,17,19). The highest BCUT2D eigenvalue weighted by Crippen LogP contribution is 2.10. The molecule has 5 nitrogen and oxygen atoms in total. The maximum absolute atomic E-state index is 11.5. The summed E-state index contributed by atoms with van der Waals surface area (Å²) in [6, 6.07) is 7.14. The van der Waals surface area contributed by atoms with E-state index in [1.807, 2.05) is 18.2 Å². The average molecular weight is 263 g/mol. The van der Waals surface area contributed by atoms with Crippen molar-refractivity contribution in [3.8, 4) is 0 Å². The molecule has 104 valence electrons. The third kappa shape index (κ3) is 5.90. The first kappa shape index (κ1) is 15.0. The predicted octanol–water partition coefficient (Wildman–Crippen LogP) is 2.24. The number of benzene rings is 1. The van der Waals surface area contributed by atoms with Gasteiger partial charge in [0.15, 0.2) is 0 Å². The summed E-state index contributed by atoms with van der Waals surface area (Å²) in [5, 5.41) is 8.04. The van der Waals surface area contributed by atoms with Gasteiger partial charge in [-0.3, -0.25) is 4.79 Å². The normalized spacial score (nSPS) is 9.79. The zero-order valence-electron chi connectivity index (χ0n) is 11.5. The molecule has 0 bridgehead atoms. The van der Waals surface area contributed by atoms with Crippen LogP contribution >= 0.6 is 0 Å². The highest BCUT2D eigenvalue weighted by Gasteiger charge is 2.02. The molecular formula is C14H21N3O2. The van der Waals surface area contributed by atoms with Gasteiger partial charge in [-0.1, -0.05) is 25.5 Å². The molecule has 0 radical (unpaired) electrons. The van der Waals surface area contributed by atoms with Crippen molar-refractivity contribution in [1.29, 1.82) is 0 Å². The number of unbranched alkanes of at least 4 members (excludes halogenated alkanes) is 1. The molecule has 0 aliphatic carbocycles. The lowest BCUT2D eigenvalue weighted by molar-refractivity contribution is -0.121. The number of anilines is 1. The predicted molar refractivity (Wildman–Crippen MR) is 75.9 cm³/mol. The largest absolute Gasteiger partial charge is 0.352 e. The molecular weight excluding hydrogens is 242 g/mol. The molecule has 0 spiro atoms. The van der Waals surface area contributed by atoms with E-state index < -0.39 is 0 Å². The van der Waals surface area contributed by atoms with Gasteiger partial charge in [-0.05, 0) is 24.1 Å². The monoisotopic (exact) mass is 263 g/mol. The van der Waals surface area contributed by atoms with Crippen molar-refractivity contribution in [2.24, 2.45) is 0 Å². The smallest absolute Gasteiger partial charge is 0.318 e. The molecule has 1 aromatic rings. The van der Waals surface area contributed by atoms with E-state index in [4.69, 9.17) is 0 Å². The number of urea groups is 1. The lowest BCUT2D eigenvalue weighted by Crippen LogP contribution is -2.25. The van der Waals surface area contributed by atoms with Gasteiger partial charge < -0.3 is 16.0 Å². The quantitative estimate of drug-likeness (QED) is 0.736. The minimum absolute atomic E-state index is 0.0616. The van der Waals surface area contributed by atoms with Crippen molar-refractivity contribution in [3.63, 3.8) is 0 Å². The van der Waals surface area contributed by atoms with Crippen LogP contribution in [-0.4, -0.2) is 19.0 Å². The van der Waals surface area contributed by atoms with Crippen LogP contribution in [0.2, 0.25) is 0 Å². The molecule has 0 atom stereocenters. The van der Waals surface area contributed by atoms with E-state index in [9.17, 15) is 9.59 Å². The summed E-state index contributed by atoms with van der Waals surface area (Å²) in [5.74, 6) is 0.0616. The minimum Gasteiger partial charge on any atom is -0.352 e. The number of amides is 3. The fourth-order valence-electron chi connectivity index (χ4n) is 1.58. The zero-order valence-corrected chi connectivity index (χ0v) is 11.5. The maximum atomic E-state index is 11.5. The topological polar surface area (TPSA) is 70.2 Å². The van der Waals surface area contributed by atoms with Crippen LogP contribution in [0.4, 0.5) is 10.5 Å². The highest BCUT2D eigenvalue weighted by atomic mass is 16.2. The Morgan fingerprint density at radius 1 is 1.26 bits per heavy atom. The Kier molecular flexibility index (Phi) is 6.43. The van der Waals surface area contributed by atoms with Gasteiger partial charge in [0.25, 0.3) is 0 Å². The lowest BCUT2D eigenvalue weighted by Gasteiger charge is -2.08. The van der Waals surface area contributed by atoms with Crippen LogP contribution in [0.5, 0.6) is 0 Å². The zero-order chi connectivity index (χ0) is 14.1. The Morgan fingerprint density at radius 2 is 2.05 bits per heavy atom. The molecule has 3 amide bonds. The van der Waals surface area contributed by atoms with E-state index in [-0.39, 0.29) is 11.9 Å². The molecule has 0 fully saturated rings. The van der Waals surface area contributed by atoms with E-state index in [1.54, 1.807) is 13.1 Å². The van der Waals surface area contributed by atoms with Gasteiger partial charge in [0.1, 0.15) is 0 Å². The van der Waals surface area contributed by atoms with Crippen molar-refractivity contribution in [3.05, 3.63) is 29.8 Å². The summed E-state index contributed by atoms with van der Waals surface area (Å²) in [7, 11) is 1.56. The van der Waals surface area contributed by atoms with E-state index >= 15 is 0 Å². The van der Waals surface area contributed by atoms with E-state index in [1.165, 1.54) is 0 Å². The summed E-state index contributed by atoms with van der Waals surface area (Å²) >= 11 is 0. The Labute approximate surface area is 113 Å². The Bertz CT molecular complexity index is 432. The summed E-state index contributed by atoms with van der Waals surface area (Å²) in [6.07, 6.45) is 2.48. The highest BCUT2D eigenvalue weighted by molar-refractivity contribution is 5.89. The van der Waals surface area contributed by atoms with Gasteiger partial charge in [0.2, 0.25) is 5.91 Å². The molecule has 0 aromatic heterocycles. The van der Waals surface area contributed by atoms with Crippen LogP contribution in [0.25, 0.3) is 0 Å². The van der Waals surface area contributed by atoms with Crippen LogP contribution < -0.4 is 16.0 Å². The average Bonchev–Trinajstić information content (AvgIpc) is 2.43. The molecule has 0 unspecified atom stereocenters. The number of nitrogens with one attached hydrogen (secondary N) is 3. The fraction of sp³-hybridized carbons (Fsp3) is 0.429. The summed E-state index contributed by atoms with van der Waals surface area (Å²) in [6.45, 7) is 2.53. The number of rotatable bonds is 6. The summed E-state index contributed by atoms with van der Waals surface area (Å²) < 4.78 is 0. The second-order valence-corrected chi connectivity index (χ2v) is 4.28. The van der Waals surface area contributed by atoms with E-state index in [2.05, 4.69) is 22.9 Å². The molecule has 1 rings (SSSR count). The Balaban J connectivity index is 2.48. The van der Waals surface area contributed by atoms with Gasteiger partial charge in [0.05, 0.1) is 0 Å². The first-order chi connectivity index (χ1) is 9.15. The van der Waals surface area contributed by atoms with E-state index in [0.29, 0.717) is 18.7 Å². The fourth-order valence-corrected chi connectivity index (χ4v) is 1.58. The first-order valence-corrected chi connectivity index (χ1v) is 6.50. The van der Waals surface area contributed by atoms with Crippen LogP contribution in [-0.2, 0) is 11.3 Å². The number of hydrogen-bond acceptors (Lipinski definition) is 2. The Hall–Kier alpha value is -2.04. The van der Waals surface area contributed by atoms with Crippen molar-refractivity contribution in [2.45, 2.75) is 32.7 Å². The van der Waals surface area contributed by atoms with Crippen LogP contribution in [0.3, 0.4) is 0 Å². The third-order valence-electron chi connectivity index (χ3n) is 2.66. The minimum atomic E-state index is -0.260. The molecule has 1 aromatic carbocycles. The molecule has 0 aliphatic heterocycles. The molecule has 5 heteroatoms. The van der Waals surface area contributed by atoms with Crippen LogP contribution in [0.15, 0.2) is 24.3 Å². The van der Waals surface area contributed by atoms with Crippen LogP contribution in [0, 0.1) is 0 Å². The SMILES string of the molecule is CCCCC(=O)NCc1cccc(NC(=O)NC)c1. The molecule has 0 saturated carbocycles. The lowest BCUT2D eigenvalue weighted by atomic mass is 10.2. The van der Waals surface area contributed by atoms with Gasteiger partial charge in [0, 0.05) is 25.7 Å². The number of carbonyl (C=O) groups excluding carboxylic acids is 2. The van der Waals surface area contributed by atoms with Crippen molar-refractivity contribution >= 4 is 17.6 Å². The second-order valence-electron chi connectivity index (χ2n) is 4.28. The van der Waals surface area contributed by atoms with Gasteiger partial charge in [-0.15, -0.1) is 0 Å². The molecule has 19 heavy (non-hydrogen) atoms. The van der Waals surface area contributed by atoms with Gasteiger partial charge in [-0.25, -0.2) is 4.79 Å². The second kappa shape index (κ2) is 8.13. The van der Waals surface area contributed by atoms with Crippen molar-refractivity contribution < 1.29 is 9.59 Å². The maximum Gasteiger partial charge on any atom is 0.318 e. The van der Waals surface area contributed by atoms with Crippen LogP contribution in [0.1, 0.15) is 31.7 Å². The number of carbonyl (C=O) groups is 2.